The molecule has 1 N–H and O–H groups in total. The van der Waals surface area contributed by atoms with Gasteiger partial charge in [0, 0.05) is 24.8 Å². The minimum absolute atomic E-state index is 0.125. The Labute approximate surface area is 181 Å². The molecule has 4 nitrogen and oxygen atoms in total. The SMILES string of the molecule is O=c1cc(CN[C@H](CCCc2ccccc2)c2ccccc2)nc2ccc(Cl)cn12. The van der Waals surface area contributed by atoms with Crippen molar-refractivity contribution in [1.29, 1.82) is 0 Å². The summed E-state index contributed by atoms with van der Waals surface area (Å²) in [7, 11) is 0. The molecule has 4 aromatic rings. The van der Waals surface area contributed by atoms with E-state index < -0.39 is 0 Å². The van der Waals surface area contributed by atoms with Gasteiger partial charge in [0.1, 0.15) is 5.65 Å². The van der Waals surface area contributed by atoms with E-state index in [9.17, 15) is 4.79 Å². The Morgan fingerprint density at radius 2 is 1.70 bits per heavy atom. The Bertz CT molecular complexity index is 1160. The highest BCUT2D eigenvalue weighted by atomic mass is 35.5. The second-order valence-corrected chi connectivity index (χ2v) is 7.82. The van der Waals surface area contributed by atoms with Crippen molar-refractivity contribution in [2.75, 3.05) is 0 Å². The molecule has 4 rings (SSSR count). The zero-order valence-corrected chi connectivity index (χ0v) is 17.4. The van der Waals surface area contributed by atoms with Crippen LogP contribution in [0, 0.1) is 0 Å². The van der Waals surface area contributed by atoms with Crippen LogP contribution in [0.15, 0.2) is 89.9 Å². The summed E-state index contributed by atoms with van der Waals surface area (Å²) >= 11 is 5.99. The number of hydrogen-bond acceptors (Lipinski definition) is 3. The van der Waals surface area contributed by atoms with Crippen LogP contribution in [0.5, 0.6) is 0 Å². The van der Waals surface area contributed by atoms with Gasteiger partial charge in [-0.1, -0.05) is 72.3 Å². The lowest BCUT2D eigenvalue weighted by atomic mass is 9.99. The van der Waals surface area contributed by atoms with Crippen LogP contribution >= 0.6 is 11.6 Å². The van der Waals surface area contributed by atoms with E-state index in [2.05, 4.69) is 58.8 Å². The van der Waals surface area contributed by atoms with E-state index in [1.165, 1.54) is 15.5 Å². The first-order valence-corrected chi connectivity index (χ1v) is 10.6. The molecule has 30 heavy (non-hydrogen) atoms. The second kappa shape index (κ2) is 9.70. The lowest BCUT2D eigenvalue weighted by Gasteiger charge is -2.19. The minimum atomic E-state index is -0.125. The zero-order valence-electron chi connectivity index (χ0n) is 16.7. The summed E-state index contributed by atoms with van der Waals surface area (Å²) in [4.78, 5) is 17.0. The number of fused-ring (bicyclic) bond motifs is 1. The van der Waals surface area contributed by atoms with Crippen LogP contribution in [0.25, 0.3) is 5.65 Å². The average Bonchev–Trinajstić information content (AvgIpc) is 2.78. The number of nitrogens with one attached hydrogen (secondary N) is 1. The predicted molar refractivity (Wildman–Crippen MR) is 122 cm³/mol. The standard InChI is InChI=1S/C25H24ClN3O/c26-21-14-15-24-28-22(16-25(30)29(24)18-21)17-27-23(20-11-5-2-6-12-20)13-7-10-19-8-3-1-4-9-19/h1-6,8-9,11-12,14-16,18,23,27H,7,10,13,17H2/t23-/m1/s1. The van der Waals surface area contributed by atoms with E-state index in [1.54, 1.807) is 24.4 Å². The molecule has 0 aliphatic rings. The molecular formula is C25H24ClN3O. The summed E-state index contributed by atoms with van der Waals surface area (Å²) in [6.45, 7) is 0.527. The van der Waals surface area contributed by atoms with Gasteiger partial charge in [0.05, 0.1) is 10.7 Å². The summed E-state index contributed by atoms with van der Waals surface area (Å²) in [6, 6.07) is 26.3. The van der Waals surface area contributed by atoms with E-state index >= 15 is 0 Å². The summed E-state index contributed by atoms with van der Waals surface area (Å²) in [5, 5.41) is 4.12. The molecule has 0 radical (unpaired) electrons. The van der Waals surface area contributed by atoms with Gasteiger partial charge in [0.25, 0.3) is 5.56 Å². The van der Waals surface area contributed by atoms with Crippen molar-refractivity contribution in [3.63, 3.8) is 0 Å². The van der Waals surface area contributed by atoms with Gasteiger partial charge in [-0.05, 0) is 42.5 Å². The minimum Gasteiger partial charge on any atom is -0.304 e. The number of aryl methyl sites for hydroxylation is 1. The molecular weight excluding hydrogens is 394 g/mol. The summed E-state index contributed by atoms with van der Waals surface area (Å²) < 4.78 is 1.47. The highest BCUT2D eigenvalue weighted by molar-refractivity contribution is 6.30. The van der Waals surface area contributed by atoms with Crippen LogP contribution in [0.2, 0.25) is 5.02 Å². The van der Waals surface area contributed by atoms with Crippen LogP contribution in [-0.2, 0) is 13.0 Å². The highest BCUT2D eigenvalue weighted by Crippen LogP contribution is 2.20. The van der Waals surface area contributed by atoms with Crippen LogP contribution in [0.3, 0.4) is 0 Å². The van der Waals surface area contributed by atoms with Crippen molar-refractivity contribution in [2.24, 2.45) is 0 Å². The number of aromatic nitrogens is 2. The highest BCUT2D eigenvalue weighted by Gasteiger charge is 2.12. The van der Waals surface area contributed by atoms with E-state index in [4.69, 9.17) is 11.6 Å². The first kappa shape index (κ1) is 20.3. The molecule has 0 bridgehead atoms. The Morgan fingerprint density at radius 1 is 0.967 bits per heavy atom. The Hall–Kier alpha value is -2.95. The fraction of sp³-hybridized carbons (Fsp3) is 0.200. The third-order valence-electron chi connectivity index (χ3n) is 5.21. The van der Waals surface area contributed by atoms with E-state index in [-0.39, 0.29) is 11.6 Å². The van der Waals surface area contributed by atoms with Gasteiger partial charge in [0.15, 0.2) is 0 Å². The normalized spacial score (nSPS) is 12.2. The smallest absolute Gasteiger partial charge is 0.258 e. The molecule has 2 aromatic heterocycles. The van der Waals surface area contributed by atoms with E-state index in [0.717, 1.165) is 25.0 Å². The number of rotatable bonds is 8. The number of pyridine rings is 1. The topological polar surface area (TPSA) is 46.4 Å². The fourth-order valence-corrected chi connectivity index (χ4v) is 3.83. The molecule has 0 saturated carbocycles. The summed E-state index contributed by atoms with van der Waals surface area (Å²) in [5.41, 5.74) is 3.80. The van der Waals surface area contributed by atoms with Crippen LogP contribution in [0.1, 0.15) is 35.7 Å². The zero-order chi connectivity index (χ0) is 20.8. The molecule has 0 unspecified atom stereocenters. The predicted octanol–water partition coefficient (Wildman–Crippen LogP) is 5.20. The molecule has 152 valence electrons. The maximum absolute atomic E-state index is 12.4. The third-order valence-corrected chi connectivity index (χ3v) is 5.43. The molecule has 0 aliphatic heterocycles. The van der Waals surface area contributed by atoms with Gasteiger partial charge < -0.3 is 5.32 Å². The molecule has 0 fully saturated rings. The number of nitrogens with zero attached hydrogens (tertiary/aromatic N) is 2. The first-order chi connectivity index (χ1) is 14.7. The molecule has 1 atom stereocenters. The van der Waals surface area contributed by atoms with Crippen LogP contribution in [-0.4, -0.2) is 9.38 Å². The van der Waals surface area contributed by atoms with Gasteiger partial charge in [0.2, 0.25) is 0 Å². The van der Waals surface area contributed by atoms with Gasteiger partial charge >= 0.3 is 0 Å². The third kappa shape index (κ3) is 5.15. The fourth-order valence-electron chi connectivity index (χ4n) is 3.67. The quantitative estimate of drug-likeness (QED) is 0.428. The molecule has 2 aromatic carbocycles. The van der Waals surface area contributed by atoms with E-state index in [1.807, 2.05) is 12.1 Å². The lowest BCUT2D eigenvalue weighted by molar-refractivity contribution is 0.480. The molecule has 0 saturated heterocycles. The molecule has 0 spiro atoms. The molecule has 2 heterocycles. The van der Waals surface area contributed by atoms with Gasteiger partial charge in [-0.25, -0.2) is 4.98 Å². The summed E-state index contributed by atoms with van der Waals surface area (Å²) in [5.74, 6) is 0. The van der Waals surface area contributed by atoms with Crippen LogP contribution in [0.4, 0.5) is 0 Å². The second-order valence-electron chi connectivity index (χ2n) is 7.38. The Kier molecular flexibility index (Phi) is 6.57. The number of hydrogen-bond donors (Lipinski definition) is 1. The monoisotopic (exact) mass is 417 g/mol. The number of halogens is 1. The lowest BCUT2D eigenvalue weighted by Crippen LogP contribution is -2.24. The molecule has 5 heteroatoms. The first-order valence-electron chi connectivity index (χ1n) is 10.2. The molecule has 0 aliphatic carbocycles. The van der Waals surface area contributed by atoms with Crippen molar-refractivity contribution in [3.8, 4) is 0 Å². The van der Waals surface area contributed by atoms with Gasteiger partial charge in [-0.15, -0.1) is 0 Å². The number of benzene rings is 2. The molecule has 0 amide bonds. The Balaban J connectivity index is 1.47. The van der Waals surface area contributed by atoms with Crippen molar-refractivity contribution in [2.45, 2.75) is 31.8 Å². The van der Waals surface area contributed by atoms with E-state index in [0.29, 0.717) is 17.2 Å². The maximum atomic E-state index is 12.4. The Morgan fingerprint density at radius 3 is 2.47 bits per heavy atom. The van der Waals surface area contributed by atoms with Crippen molar-refractivity contribution in [3.05, 3.63) is 117 Å². The van der Waals surface area contributed by atoms with Crippen molar-refractivity contribution in [1.82, 2.24) is 14.7 Å². The van der Waals surface area contributed by atoms with Gasteiger partial charge in [-0.3, -0.25) is 9.20 Å². The van der Waals surface area contributed by atoms with Crippen LogP contribution < -0.4 is 10.9 Å². The maximum Gasteiger partial charge on any atom is 0.258 e. The van der Waals surface area contributed by atoms with Crippen molar-refractivity contribution < 1.29 is 0 Å². The van der Waals surface area contributed by atoms with Gasteiger partial charge in [-0.2, -0.15) is 0 Å². The average molecular weight is 418 g/mol. The summed E-state index contributed by atoms with van der Waals surface area (Å²) in [6.07, 6.45) is 4.71. The van der Waals surface area contributed by atoms with Crippen molar-refractivity contribution >= 4 is 17.2 Å². The largest absolute Gasteiger partial charge is 0.304 e.